The SMILES string of the molecule is CCOc1ccc(C(=O)C(C)C)cc1[N+](=O)[O-]. The minimum absolute atomic E-state index is 0.115. The Bertz CT molecular complexity index is 440. The number of carbonyl (C=O) groups excluding carboxylic acids is 1. The standard InChI is InChI=1S/C12H15NO4/c1-4-17-11-6-5-9(12(14)8(2)3)7-10(11)13(15)16/h5-8H,4H2,1-3H3. The highest BCUT2D eigenvalue weighted by atomic mass is 16.6. The molecule has 0 spiro atoms. The van der Waals surface area contributed by atoms with E-state index in [0.29, 0.717) is 12.2 Å². The highest BCUT2D eigenvalue weighted by Gasteiger charge is 2.19. The fourth-order valence-corrected chi connectivity index (χ4v) is 1.42. The second kappa shape index (κ2) is 5.43. The van der Waals surface area contributed by atoms with Gasteiger partial charge in [-0.05, 0) is 19.1 Å². The number of rotatable bonds is 5. The maximum Gasteiger partial charge on any atom is 0.311 e. The molecule has 0 unspecified atom stereocenters. The van der Waals surface area contributed by atoms with Crippen LogP contribution in [0.5, 0.6) is 5.75 Å². The summed E-state index contributed by atoms with van der Waals surface area (Å²) in [4.78, 5) is 22.0. The largest absolute Gasteiger partial charge is 0.487 e. The number of hydrogen-bond acceptors (Lipinski definition) is 4. The van der Waals surface area contributed by atoms with Gasteiger partial charge in [0, 0.05) is 17.5 Å². The van der Waals surface area contributed by atoms with E-state index in [1.54, 1.807) is 26.8 Å². The molecule has 1 rings (SSSR count). The molecule has 0 aliphatic carbocycles. The van der Waals surface area contributed by atoms with Gasteiger partial charge in [0.25, 0.3) is 0 Å². The number of nitro benzene ring substituents is 1. The van der Waals surface area contributed by atoms with Gasteiger partial charge in [0.1, 0.15) is 0 Å². The highest BCUT2D eigenvalue weighted by Crippen LogP contribution is 2.28. The number of nitro groups is 1. The molecule has 0 atom stereocenters. The van der Waals surface area contributed by atoms with Gasteiger partial charge in [-0.2, -0.15) is 0 Å². The number of nitrogens with zero attached hydrogens (tertiary/aromatic N) is 1. The molecular formula is C12H15NO4. The van der Waals surface area contributed by atoms with E-state index in [9.17, 15) is 14.9 Å². The first-order valence-corrected chi connectivity index (χ1v) is 5.42. The number of ether oxygens (including phenoxy) is 1. The van der Waals surface area contributed by atoms with Gasteiger partial charge in [-0.25, -0.2) is 0 Å². The van der Waals surface area contributed by atoms with E-state index < -0.39 is 4.92 Å². The Morgan fingerprint density at radius 2 is 2.12 bits per heavy atom. The average Bonchev–Trinajstić information content (AvgIpc) is 2.28. The highest BCUT2D eigenvalue weighted by molar-refractivity contribution is 5.98. The second-order valence-electron chi connectivity index (χ2n) is 3.89. The summed E-state index contributed by atoms with van der Waals surface area (Å²) in [5, 5.41) is 10.9. The van der Waals surface area contributed by atoms with E-state index in [2.05, 4.69) is 0 Å². The van der Waals surface area contributed by atoms with E-state index in [0.717, 1.165) is 0 Å². The van der Waals surface area contributed by atoms with E-state index in [4.69, 9.17) is 4.74 Å². The third-order valence-corrected chi connectivity index (χ3v) is 2.26. The average molecular weight is 237 g/mol. The van der Waals surface area contributed by atoms with Gasteiger partial charge in [-0.15, -0.1) is 0 Å². The number of Topliss-reactive ketones (excluding diaryl/α,β-unsaturated/α-hetero) is 1. The monoisotopic (exact) mass is 237 g/mol. The molecule has 0 saturated carbocycles. The van der Waals surface area contributed by atoms with Gasteiger partial charge in [0.2, 0.25) is 0 Å². The van der Waals surface area contributed by atoms with Crippen LogP contribution in [0.3, 0.4) is 0 Å². The topological polar surface area (TPSA) is 69.4 Å². The van der Waals surface area contributed by atoms with Crippen LogP contribution in [-0.4, -0.2) is 17.3 Å². The van der Waals surface area contributed by atoms with Crippen molar-refractivity contribution >= 4 is 11.5 Å². The number of carbonyl (C=O) groups is 1. The Kier molecular flexibility index (Phi) is 4.20. The number of ketones is 1. The van der Waals surface area contributed by atoms with Crippen molar-refractivity contribution in [1.29, 1.82) is 0 Å². The Hall–Kier alpha value is -1.91. The van der Waals surface area contributed by atoms with Crippen LogP contribution in [0.25, 0.3) is 0 Å². The molecule has 1 aromatic carbocycles. The summed E-state index contributed by atoms with van der Waals surface area (Å²) in [7, 11) is 0. The molecule has 0 saturated heterocycles. The molecule has 5 heteroatoms. The van der Waals surface area contributed by atoms with Gasteiger partial charge in [0.15, 0.2) is 11.5 Å². The van der Waals surface area contributed by atoms with E-state index in [-0.39, 0.29) is 23.1 Å². The lowest BCUT2D eigenvalue weighted by atomic mass is 10.0. The van der Waals surface area contributed by atoms with Crippen molar-refractivity contribution in [2.75, 3.05) is 6.61 Å². The van der Waals surface area contributed by atoms with Gasteiger partial charge in [0.05, 0.1) is 11.5 Å². The molecule has 0 heterocycles. The summed E-state index contributed by atoms with van der Waals surface area (Å²) < 4.78 is 5.14. The molecule has 0 bridgehead atoms. The summed E-state index contributed by atoms with van der Waals surface area (Å²) in [5.74, 6) is -0.110. The molecule has 17 heavy (non-hydrogen) atoms. The Morgan fingerprint density at radius 3 is 2.59 bits per heavy atom. The Balaban J connectivity index is 3.18. The van der Waals surface area contributed by atoms with Crippen molar-refractivity contribution in [3.63, 3.8) is 0 Å². The fraction of sp³-hybridized carbons (Fsp3) is 0.417. The minimum Gasteiger partial charge on any atom is -0.487 e. The van der Waals surface area contributed by atoms with Crippen LogP contribution in [0.1, 0.15) is 31.1 Å². The van der Waals surface area contributed by atoms with E-state index >= 15 is 0 Å². The normalized spacial score (nSPS) is 10.4. The molecule has 92 valence electrons. The summed E-state index contributed by atoms with van der Waals surface area (Å²) >= 11 is 0. The fourth-order valence-electron chi connectivity index (χ4n) is 1.42. The Labute approximate surface area is 99.5 Å². The summed E-state index contributed by atoms with van der Waals surface area (Å²) in [5.41, 5.74) is 0.175. The number of hydrogen-bond donors (Lipinski definition) is 0. The maximum absolute atomic E-state index is 11.7. The first kappa shape index (κ1) is 13.2. The predicted octanol–water partition coefficient (Wildman–Crippen LogP) is 2.83. The lowest BCUT2D eigenvalue weighted by Crippen LogP contribution is -2.08. The van der Waals surface area contributed by atoms with Gasteiger partial charge in [-0.3, -0.25) is 14.9 Å². The molecule has 0 amide bonds. The first-order valence-electron chi connectivity index (χ1n) is 5.42. The molecule has 0 radical (unpaired) electrons. The molecule has 5 nitrogen and oxygen atoms in total. The van der Waals surface area contributed by atoms with Crippen LogP contribution in [0.2, 0.25) is 0 Å². The summed E-state index contributed by atoms with van der Waals surface area (Å²) in [6.45, 7) is 5.60. The molecule has 0 aliphatic rings. The Morgan fingerprint density at radius 1 is 1.47 bits per heavy atom. The molecular weight excluding hydrogens is 222 g/mol. The maximum atomic E-state index is 11.7. The summed E-state index contributed by atoms with van der Waals surface area (Å²) in [6.07, 6.45) is 0. The smallest absolute Gasteiger partial charge is 0.311 e. The predicted molar refractivity (Wildman–Crippen MR) is 63.4 cm³/mol. The van der Waals surface area contributed by atoms with Crippen molar-refractivity contribution in [3.8, 4) is 5.75 Å². The molecule has 1 aromatic rings. The zero-order valence-electron chi connectivity index (χ0n) is 10.1. The zero-order chi connectivity index (χ0) is 13.0. The first-order chi connectivity index (χ1) is 7.97. The van der Waals surface area contributed by atoms with E-state index in [1.165, 1.54) is 12.1 Å². The van der Waals surface area contributed by atoms with Crippen LogP contribution in [0.15, 0.2) is 18.2 Å². The molecule has 0 aliphatic heterocycles. The van der Waals surface area contributed by atoms with Crippen LogP contribution in [0, 0.1) is 16.0 Å². The second-order valence-corrected chi connectivity index (χ2v) is 3.89. The van der Waals surface area contributed by atoms with Crippen LogP contribution in [0.4, 0.5) is 5.69 Å². The van der Waals surface area contributed by atoms with Crippen LogP contribution >= 0.6 is 0 Å². The third kappa shape index (κ3) is 3.03. The summed E-state index contributed by atoms with van der Waals surface area (Å²) in [6, 6.07) is 4.30. The lowest BCUT2D eigenvalue weighted by molar-refractivity contribution is -0.385. The van der Waals surface area contributed by atoms with Crippen molar-refractivity contribution in [2.24, 2.45) is 5.92 Å². The minimum atomic E-state index is -0.540. The van der Waals surface area contributed by atoms with E-state index in [1.807, 2.05) is 0 Å². The molecule has 0 fully saturated rings. The van der Waals surface area contributed by atoms with Gasteiger partial charge in [-0.1, -0.05) is 13.8 Å². The van der Waals surface area contributed by atoms with Crippen molar-refractivity contribution in [1.82, 2.24) is 0 Å². The molecule has 0 N–H and O–H groups in total. The third-order valence-electron chi connectivity index (χ3n) is 2.26. The zero-order valence-corrected chi connectivity index (χ0v) is 10.1. The van der Waals surface area contributed by atoms with Crippen molar-refractivity contribution < 1.29 is 14.5 Å². The number of benzene rings is 1. The van der Waals surface area contributed by atoms with Crippen molar-refractivity contribution in [2.45, 2.75) is 20.8 Å². The van der Waals surface area contributed by atoms with Crippen molar-refractivity contribution in [3.05, 3.63) is 33.9 Å². The van der Waals surface area contributed by atoms with Gasteiger partial charge >= 0.3 is 5.69 Å². The van der Waals surface area contributed by atoms with Crippen LogP contribution < -0.4 is 4.74 Å². The lowest BCUT2D eigenvalue weighted by Gasteiger charge is -2.07. The van der Waals surface area contributed by atoms with Gasteiger partial charge < -0.3 is 4.74 Å². The molecule has 0 aromatic heterocycles. The quantitative estimate of drug-likeness (QED) is 0.448. The van der Waals surface area contributed by atoms with Crippen LogP contribution in [-0.2, 0) is 0 Å².